The maximum atomic E-state index is 13.9. The highest BCUT2D eigenvalue weighted by molar-refractivity contribution is 5.95. The van der Waals surface area contributed by atoms with E-state index in [1.807, 2.05) is 0 Å². The number of carbonyl (C=O) groups excluding carboxylic acids is 1. The Kier molecular flexibility index (Phi) is 5.97. The number of ether oxygens (including phenoxy) is 1. The van der Waals surface area contributed by atoms with Crippen LogP contribution < -0.4 is 15.8 Å². The molecule has 0 unspecified atom stereocenters. The fraction of sp³-hybridized carbons (Fsp3) is 0.300. The summed E-state index contributed by atoms with van der Waals surface area (Å²) in [6.45, 7) is 1.04. The second-order valence-electron chi connectivity index (χ2n) is 6.85. The summed E-state index contributed by atoms with van der Waals surface area (Å²) in [7, 11) is 0. The molecular formula is C20H20F4N4O2. The maximum Gasteiger partial charge on any atom is 0.277 e. The van der Waals surface area contributed by atoms with E-state index in [0.29, 0.717) is 5.56 Å². The van der Waals surface area contributed by atoms with Crippen LogP contribution in [0.4, 0.5) is 17.6 Å². The monoisotopic (exact) mass is 424 g/mol. The number of benzene rings is 1. The fourth-order valence-corrected chi connectivity index (χ4v) is 2.92. The summed E-state index contributed by atoms with van der Waals surface area (Å²) >= 11 is 0. The predicted octanol–water partition coefficient (Wildman–Crippen LogP) is 3.13. The Morgan fingerprint density at radius 2 is 1.93 bits per heavy atom. The van der Waals surface area contributed by atoms with E-state index in [2.05, 4.69) is 10.3 Å². The number of nitrogens with one attached hydrogen (secondary N) is 1. The summed E-state index contributed by atoms with van der Waals surface area (Å²) in [4.78, 5) is 16.8. The van der Waals surface area contributed by atoms with Crippen LogP contribution in [0.2, 0.25) is 0 Å². The molecule has 0 aliphatic carbocycles. The maximum absolute atomic E-state index is 13.9. The van der Waals surface area contributed by atoms with E-state index >= 15 is 0 Å². The molecule has 1 aromatic carbocycles. The molecule has 1 amide bonds. The minimum absolute atomic E-state index is 0.0449. The number of amides is 1. The number of aromatic nitrogens is 2. The average molecular weight is 424 g/mol. The lowest BCUT2D eigenvalue weighted by atomic mass is 10.2. The van der Waals surface area contributed by atoms with Crippen LogP contribution in [0.15, 0.2) is 30.5 Å². The van der Waals surface area contributed by atoms with Gasteiger partial charge in [0, 0.05) is 6.20 Å². The number of imidazole rings is 1. The van der Waals surface area contributed by atoms with Crippen molar-refractivity contribution in [2.45, 2.75) is 26.4 Å². The molecule has 0 aliphatic rings. The van der Waals surface area contributed by atoms with E-state index in [1.54, 1.807) is 26.1 Å². The van der Waals surface area contributed by atoms with Crippen molar-refractivity contribution >= 4 is 11.6 Å². The molecule has 0 aliphatic heterocycles. The molecule has 0 radical (unpaired) electrons. The molecule has 0 atom stereocenters. The van der Waals surface area contributed by atoms with Crippen LogP contribution in [0.25, 0.3) is 5.65 Å². The molecule has 10 heteroatoms. The Labute approximate surface area is 169 Å². The van der Waals surface area contributed by atoms with Gasteiger partial charge in [0.2, 0.25) is 0 Å². The first-order valence-corrected chi connectivity index (χ1v) is 9.04. The van der Waals surface area contributed by atoms with Gasteiger partial charge >= 0.3 is 0 Å². The number of aryl methyl sites for hydroxylation is 2. The van der Waals surface area contributed by atoms with Crippen LogP contribution in [0, 0.1) is 25.5 Å². The summed E-state index contributed by atoms with van der Waals surface area (Å²) in [5.41, 5.74) is 5.93. The highest BCUT2D eigenvalue weighted by atomic mass is 19.3. The summed E-state index contributed by atoms with van der Waals surface area (Å²) in [5.74, 6) is -5.31. The molecule has 0 fully saturated rings. The molecule has 6 nitrogen and oxygen atoms in total. The molecule has 3 rings (SSSR count). The number of alkyl halides is 2. The molecule has 3 N–H and O–H groups in total. The summed E-state index contributed by atoms with van der Waals surface area (Å²) in [6, 6.07) is 5.08. The summed E-state index contributed by atoms with van der Waals surface area (Å²) in [5, 5.41) is 2.15. The number of rotatable bonds is 7. The second kappa shape index (κ2) is 8.31. The fourth-order valence-electron chi connectivity index (χ4n) is 2.92. The SMILES string of the molecule is Cc1cc(OCc2c(F)cccc2F)c2nc(C)c(C(=O)NCC(F)(F)CN)n2c1. The predicted molar refractivity (Wildman–Crippen MR) is 102 cm³/mol. The van der Waals surface area contributed by atoms with Crippen molar-refractivity contribution in [3.05, 3.63) is 64.6 Å². The van der Waals surface area contributed by atoms with Gasteiger partial charge in [-0.1, -0.05) is 6.07 Å². The molecule has 0 spiro atoms. The number of nitrogens with two attached hydrogens (primary N) is 1. The lowest BCUT2D eigenvalue weighted by Crippen LogP contribution is -2.41. The Morgan fingerprint density at radius 3 is 2.57 bits per heavy atom. The van der Waals surface area contributed by atoms with Gasteiger partial charge in [0.05, 0.1) is 24.3 Å². The van der Waals surface area contributed by atoms with Crippen LogP contribution in [-0.4, -0.2) is 34.3 Å². The molecule has 3 aromatic rings. The van der Waals surface area contributed by atoms with Crippen LogP contribution in [0.1, 0.15) is 27.3 Å². The van der Waals surface area contributed by atoms with Gasteiger partial charge in [0.25, 0.3) is 11.8 Å². The zero-order valence-corrected chi connectivity index (χ0v) is 16.3. The highest BCUT2D eigenvalue weighted by Gasteiger charge is 2.29. The van der Waals surface area contributed by atoms with E-state index in [0.717, 1.165) is 12.1 Å². The van der Waals surface area contributed by atoms with Crippen molar-refractivity contribution in [2.75, 3.05) is 13.1 Å². The van der Waals surface area contributed by atoms with Crippen LogP contribution in [0.5, 0.6) is 5.75 Å². The van der Waals surface area contributed by atoms with E-state index in [9.17, 15) is 22.4 Å². The number of halogens is 4. The van der Waals surface area contributed by atoms with Crippen molar-refractivity contribution < 1.29 is 27.1 Å². The third-order valence-electron chi connectivity index (χ3n) is 4.45. The lowest BCUT2D eigenvalue weighted by Gasteiger charge is -2.15. The van der Waals surface area contributed by atoms with E-state index in [1.165, 1.54) is 10.5 Å². The van der Waals surface area contributed by atoms with Gasteiger partial charge < -0.3 is 15.8 Å². The van der Waals surface area contributed by atoms with Crippen LogP contribution in [-0.2, 0) is 6.61 Å². The van der Waals surface area contributed by atoms with Crippen molar-refractivity contribution in [2.24, 2.45) is 5.73 Å². The zero-order chi connectivity index (χ0) is 22.1. The molecular weight excluding hydrogens is 404 g/mol. The molecule has 30 heavy (non-hydrogen) atoms. The first-order chi connectivity index (χ1) is 14.1. The van der Waals surface area contributed by atoms with E-state index in [-0.39, 0.29) is 28.3 Å². The minimum atomic E-state index is -3.24. The van der Waals surface area contributed by atoms with E-state index in [4.69, 9.17) is 10.5 Å². The third-order valence-corrected chi connectivity index (χ3v) is 4.45. The number of hydrogen-bond donors (Lipinski definition) is 2. The zero-order valence-electron chi connectivity index (χ0n) is 16.3. The topological polar surface area (TPSA) is 81.6 Å². The summed E-state index contributed by atoms with van der Waals surface area (Å²) < 4.78 is 61.5. The minimum Gasteiger partial charge on any atom is -0.485 e. The lowest BCUT2D eigenvalue weighted by molar-refractivity contribution is 0.0118. The summed E-state index contributed by atoms with van der Waals surface area (Å²) in [6.07, 6.45) is 1.59. The van der Waals surface area contributed by atoms with Gasteiger partial charge in [0.15, 0.2) is 11.4 Å². The number of pyridine rings is 1. The number of hydrogen-bond acceptors (Lipinski definition) is 4. The Balaban J connectivity index is 1.93. The molecule has 2 aromatic heterocycles. The van der Waals surface area contributed by atoms with Crippen molar-refractivity contribution in [3.8, 4) is 5.75 Å². The highest BCUT2D eigenvalue weighted by Crippen LogP contribution is 2.26. The van der Waals surface area contributed by atoms with Crippen LogP contribution in [0.3, 0.4) is 0 Å². The quantitative estimate of drug-likeness (QED) is 0.571. The Bertz CT molecular complexity index is 1080. The van der Waals surface area contributed by atoms with Gasteiger partial charge in [-0.3, -0.25) is 9.20 Å². The number of carbonyl (C=O) groups is 1. The molecule has 0 saturated carbocycles. The van der Waals surface area contributed by atoms with E-state index < -0.39 is 43.2 Å². The Morgan fingerprint density at radius 1 is 1.27 bits per heavy atom. The molecule has 2 heterocycles. The third kappa shape index (κ3) is 4.38. The van der Waals surface area contributed by atoms with Gasteiger partial charge in [-0.2, -0.15) is 0 Å². The van der Waals surface area contributed by atoms with Crippen molar-refractivity contribution in [1.82, 2.24) is 14.7 Å². The molecule has 0 saturated heterocycles. The largest absolute Gasteiger partial charge is 0.485 e. The first-order valence-electron chi connectivity index (χ1n) is 9.04. The second-order valence-corrected chi connectivity index (χ2v) is 6.85. The van der Waals surface area contributed by atoms with Gasteiger partial charge in [-0.25, -0.2) is 22.5 Å². The van der Waals surface area contributed by atoms with Crippen molar-refractivity contribution in [1.29, 1.82) is 0 Å². The van der Waals surface area contributed by atoms with Gasteiger partial charge in [0.1, 0.15) is 23.9 Å². The van der Waals surface area contributed by atoms with Gasteiger partial charge in [-0.05, 0) is 37.6 Å². The Hall–Kier alpha value is -3.14. The van der Waals surface area contributed by atoms with Crippen molar-refractivity contribution in [3.63, 3.8) is 0 Å². The van der Waals surface area contributed by atoms with Gasteiger partial charge in [-0.15, -0.1) is 0 Å². The standard InChI is InChI=1S/C20H20F4N4O2/c1-11-6-16(30-8-13-14(21)4-3-5-15(13)22)18-27-12(2)17(28(18)7-11)19(29)26-10-20(23,24)9-25/h3-7H,8-10,25H2,1-2H3,(H,26,29). The molecule has 160 valence electrons. The first kappa shape index (κ1) is 21.6. The smallest absolute Gasteiger partial charge is 0.277 e. The average Bonchev–Trinajstić information content (AvgIpc) is 3.01. The number of fused-ring (bicyclic) bond motifs is 1. The van der Waals surface area contributed by atoms with Crippen LogP contribution >= 0.6 is 0 Å². The number of nitrogens with zero attached hydrogens (tertiary/aromatic N) is 2. The normalized spacial score (nSPS) is 11.7. The molecule has 0 bridgehead atoms.